The maximum Gasteiger partial charge on any atom is 0.227 e. The molecule has 4 nitrogen and oxygen atoms in total. The van der Waals surface area contributed by atoms with Crippen LogP contribution in [0.25, 0.3) is 0 Å². The SMILES string of the molecule is CCCCC(CC)C(=O)Nc1cccc2c1C(=O)c1ccccc1C2=O. The first kappa shape index (κ1) is 18.1. The number of carbonyl (C=O) groups is 3. The molecule has 1 amide bonds. The number of anilines is 1. The first-order valence-electron chi connectivity index (χ1n) is 9.20. The maximum atomic E-state index is 13.0. The quantitative estimate of drug-likeness (QED) is 0.706. The molecule has 4 heteroatoms. The topological polar surface area (TPSA) is 63.2 Å². The van der Waals surface area contributed by atoms with Gasteiger partial charge in [0.2, 0.25) is 5.91 Å². The van der Waals surface area contributed by atoms with Gasteiger partial charge in [-0.15, -0.1) is 0 Å². The van der Waals surface area contributed by atoms with E-state index < -0.39 is 0 Å². The molecule has 0 bridgehead atoms. The van der Waals surface area contributed by atoms with E-state index in [4.69, 9.17) is 0 Å². The average molecular weight is 349 g/mol. The Balaban J connectivity index is 1.96. The Bertz CT molecular complexity index is 869. The fraction of sp³-hybridized carbons (Fsp3) is 0.318. The summed E-state index contributed by atoms with van der Waals surface area (Å²) in [5.41, 5.74) is 1.89. The largest absolute Gasteiger partial charge is 0.325 e. The molecule has 134 valence electrons. The average Bonchev–Trinajstić information content (AvgIpc) is 2.66. The number of hydrogen-bond donors (Lipinski definition) is 1. The summed E-state index contributed by atoms with van der Waals surface area (Å²) in [4.78, 5) is 38.4. The van der Waals surface area contributed by atoms with E-state index in [1.165, 1.54) is 0 Å². The molecule has 1 unspecified atom stereocenters. The number of hydrogen-bond acceptors (Lipinski definition) is 3. The van der Waals surface area contributed by atoms with Gasteiger partial charge in [0, 0.05) is 22.6 Å². The van der Waals surface area contributed by atoms with Crippen LogP contribution in [0.1, 0.15) is 71.4 Å². The van der Waals surface area contributed by atoms with Crippen LogP contribution in [0.4, 0.5) is 5.69 Å². The Morgan fingerprint density at radius 3 is 2.23 bits per heavy atom. The van der Waals surface area contributed by atoms with Crippen molar-refractivity contribution in [2.24, 2.45) is 5.92 Å². The van der Waals surface area contributed by atoms with Crippen molar-refractivity contribution in [1.29, 1.82) is 0 Å². The van der Waals surface area contributed by atoms with Gasteiger partial charge in [0.05, 0.1) is 11.3 Å². The van der Waals surface area contributed by atoms with Crippen LogP contribution >= 0.6 is 0 Å². The van der Waals surface area contributed by atoms with Crippen LogP contribution in [0.5, 0.6) is 0 Å². The van der Waals surface area contributed by atoms with Gasteiger partial charge in [-0.2, -0.15) is 0 Å². The van der Waals surface area contributed by atoms with Gasteiger partial charge in [-0.1, -0.05) is 63.1 Å². The molecular weight excluding hydrogens is 326 g/mol. The summed E-state index contributed by atoms with van der Waals surface area (Å²) in [6.07, 6.45) is 3.60. The lowest BCUT2D eigenvalue weighted by Crippen LogP contribution is -2.26. The number of rotatable bonds is 6. The van der Waals surface area contributed by atoms with Crippen molar-refractivity contribution >= 4 is 23.2 Å². The van der Waals surface area contributed by atoms with Gasteiger partial charge in [-0.3, -0.25) is 14.4 Å². The Hall–Kier alpha value is -2.75. The molecule has 0 radical (unpaired) electrons. The van der Waals surface area contributed by atoms with E-state index in [1.807, 2.05) is 6.92 Å². The molecule has 0 saturated heterocycles. The first-order chi connectivity index (χ1) is 12.6. The summed E-state index contributed by atoms with van der Waals surface area (Å²) >= 11 is 0. The van der Waals surface area contributed by atoms with Crippen molar-refractivity contribution in [1.82, 2.24) is 0 Å². The Labute approximate surface area is 153 Å². The molecule has 0 aliphatic heterocycles. The van der Waals surface area contributed by atoms with E-state index in [-0.39, 0.29) is 23.4 Å². The molecule has 0 heterocycles. The van der Waals surface area contributed by atoms with Crippen molar-refractivity contribution in [2.45, 2.75) is 39.5 Å². The van der Waals surface area contributed by atoms with Crippen LogP contribution in [-0.2, 0) is 4.79 Å². The van der Waals surface area contributed by atoms with Crippen LogP contribution in [-0.4, -0.2) is 17.5 Å². The summed E-state index contributed by atoms with van der Waals surface area (Å²) in [6.45, 7) is 4.09. The van der Waals surface area contributed by atoms with E-state index >= 15 is 0 Å². The van der Waals surface area contributed by atoms with E-state index in [2.05, 4.69) is 12.2 Å². The second kappa shape index (κ2) is 7.65. The Kier molecular flexibility index (Phi) is 5.31. The van der Waals surface area contributed by atoms with Gasteiger partial charge in [-0.25, -0.2) is 0 Å². The summed E-state index contributed by atoms with van der Waals surface area (Å²) in [6, 6.07) is 11.9. The Morgan fingerprint density at radius 1 is 0.923 bits per heavy atom. The van der Waals surface area contributed by atoms with Gasteiger partial charge < -0.3 is 5.32 Å². The number of nitrogens with one attached hydrogen (secondary N) is 1. The molecule has 26 heavy (non-hydrogen) atoms. The zero-order valence-corrected chi connectivity index (χ0v) is 15.2. The lowest BCUT2D eigenvalue weighted by molar-refractivity contribution is -0.120. The number of benzene rings is 2. The van der Waals surface area contributed by atoms with Crippen LogP contribution in [0.2, 0.25) is 0 Å². The van der Waals surface area contributed by atoms with Crippen LogP contribution in [0.3, 0.4) is 0 Å². The van der Waals surface area contributed by atoms with E-state index in [0.29, 0.717) is 27.9 Å². The highest BCUT2D eigenvalue weighted by molar-refractivity contribution is 6.30. The molecule has 1 aliphatic rings. The highest BCUT2D eigenvalue weighted by Crippen LogP contribution is 2.32. The monoisotopic (exact) mass is 349 g/mol. The third-order valence-electron chi connectivity index (χ3n) is 4.98. The molecule has 3 rings (SSSR count). The first-order valence-corrected chi connectivity index (χ1v) is 9.20. The molecule has 2 aromatic carbocycles. The molecule has 1 aliphatic carbocycles. The smallest absolute Gasteiger partial charge is 0.227 e. The van der Waals surface area contributed by atoms with Crippen molar-refractivity contribution in [3.8, 4) is 0 Å². The highest BCUT2D eigenvalue weighted by Gasteiger charge is 2.32. The molecule has 0 fully saturated rings. The minimum atomic E-state index is -0.215. The fourth-order valence-corrected chi connectivity index (χ4v) is 3.46. The lowest BCUT2D eigenvalue weighted by atomic mass is 9.83. The van der Waals surface area contributed by atoms with E-state index in [0.717, 1.165) is 25.7 Å². The minimum absolute atomic E-state index is 0.0894. The molecule has 1 atom stereocenters. The van der Waals surface area contributed by atoms with Crippen molar-refractivity contribution in [3.63, 3.8) is 0 Å². The zero-order chi connectivity index (χ0) is 18.7. The third-order valence-corrected chi connectivity index (χ3v) is 4.98. The zero-order valence-electron chi connectivity index (χ0n) is 15.2. The Morgan fingerprint density at radius 2 is 1.58 bits per heavy atom. The molecule has 0 saturated carbocycles. The van der Waals surface area contributed by atoms with E-state index in [1.54, 1.807) is 42.5 Å². The summed E-state index contributed by atoms with van der Waals surface area (Å²) in [7, 11) is 0. The van der Waals surface area contributed by atoms with Crippen molar-refractivity contribution in [3.05, 3.63) is 64.7 Å². The predicted octanol–water partition coefficient (Wildman–Crippen LogP) is 4.62. The second-order valence-corrected chi connectivity index (χ2v) is 6.67. The molecular formula is C22H23NO3. The minimum Gasteiger partial charge on any atom is -0.325 e. The van der Waals surface area contributed by atoms with Gasteiger partial charge >= 0.3 is 0 Å². The fourth-order valence-electron chi connectivity index (χ4n) is 3.46. The van der Waals surface area contributed by atoms with Crippen LogP contribution in [0.15, 0.2) is 42.5 Å². The standard InChI is InChI=1S/C22H23NO3/c1-3-5-9-14(4-2)22(26)23-18-13-8-12-17-19(18)21(25)16-11-7-6-10-15(16)20(17)24/h6-8,10-14H,3-5,9H2,1-2H3,(H,23,26). The summed E-state index contributed by atoms with van der Waals surface area (Å²) < 4.78 is 0. The normalized spacial score (nSPS) is 13.8. The lowest BCUT2D eigenvalue weighted by Gasteiger charge is -2.21. The number of ketones is 2. The maximum absolute atomic E-state index is 13.0. The van der Waals surface area contributed by atoms with Gasteiger partial charge in [-0.05, 0) is 18.9 Å². The van der Waals surface area contributed by atoms with Crippen molar-refractivity contribution in [2.75, 3.05) is 5.32 Å². The van der Waals surface area contributed by atoms with Gasteiger partial charge in [0.25, 0.3) is 0 Å². The van der Waals surface area contributed by atoms with Crippen LogP contribution < -0.4 is 5.32 Å². The molecule has 1 N–H and O–H groups in total. The summed E-state index contributed by atoms with van der Waals surface area (Å²) in [5.74, 6) is -0.571. The second-order valence-electron chi connectivity index (χ2n) is 6.67. The molecule has 0 spiro atoms. The third kappa shape index (κ3) is 3.19. The van der Waals surface area contributed by atoms with Gasteiger partial charge in [0.1, 0.15) is 0 Å². The van der Waals surface area contributed by atoms with Crippen LogP contribution in [0, 0.1) is 5.92 Å². The van der Waals surface area contributed by atoms with E-state index in [9.17, 15) is 14.4 Å². The highest BCUT2D eigenvalue weighted by atomic mass is 16.2. The predicted molar refractivity (Wildman–Crippen MR) is 102 cm³/mol. The molecule has 2 aromatic rings. The van der Waals surface area contributed by atoms with Gasteiger partial charge in [0.15, 0.2) is 11.6 Å². The van der Waals surface area contributed by atoms with Crippen molar-refractivity contribution < 1.29 is 14.4 Å². The molecule has 0 aromatic heterocycles. The number of amides is 1. The summed E-state index contributed by atoms with van der Waals surface area (Å²) in [5, 5.41) is 2.90. The number of unbranched alkanes of at least 4 members (excludes halogenated alkanes) is 1. The number of fused-ring (bicyclic) bond motifs is 2. The number of carbonyl (C=O) groups excluding carboxylic acids is 3.